The van der Waals surface area contributed by atoms with Crippen LogP contribution in [-0.2, 0) is 4.79 Å². The number of nitrogens with one attached hydrogen (secondary N) is 1. The average Bonchev–Trinajstić information content (AvgIpc) is 2.66. The van der Waals surface area contributed by atoms with Gasteiger partial charge in [-0.1, -0.05) is 47.1 Å². The number of rotatable bonds is 6. The molecule has 1 amide bonds. The zero-order valence-corrected chi connectivity index (χ0v) is 16.5. The summed E-state index contributed by atoms with van der Waals surface area (Å²) in [6.45, 7) is 0. The summed E-state index contributed by atoms with van der Waals surface area (Å²) < 4.78 is 0. The van der Waals surface area contributed by atoms with Gasteiger partial charge < -0.3 is 5.32 Å². The molecule has 0 aliphatic heterocycles. The molecule has 2 aromatic carbocycles. The second kappa shape index (κ2) is 9.01. The van der Waals surface area contributed by atoms with E-state index in [1.807, 2.05) is 0 Å². The van der Waals surface area contributed by atoms with Gasteiger partial charge in [-0.3, -0.25) is 14.9 Å². The van der Waals surface area contributed by atoms with E-state index in [9.17, 15) is 14.9 Å². The van der Waals surface area contributed by atoms with E-state index in [2.05, 4.69) is 15.5 Å². The molecule has 0 radical (unpaired) electrons. The molecule has 3 rings (SSSR count). The van der Waals surface area contributed by atoms with Crippen molar-refractivity contribution >= 4 is 52.2 Å². The van der Waals surface area contributed by atoms with Gasteiger partial charge in [0.2, 0.25) is 5.91 Å². The Morgan fingerprint density at radius 3 is 2.46 bits per heavy atom. The summed E-state index contributed by atoms with van der Waals surface area (Å²) >= 11 is 13.0. The van der Waals surface area contributed by atoms with Crippen molar-refractivity contribution in [3.05, 3.63) is 74.8 Å². The van der Waals surface area contributed by atoms with Crippen LogP contribution in [0, 0.1) is 10.1 Å². The molecule has 142 valence electrons. The number of benzene rings is 2. The van der Waals surface area contributed by atoms with Crippen molar-refractivity contribution in [3.8, 4) is 11.3 Å². The Bertz CT molecular complexity index is 1010. The van der Waals surface area contributed by atoms with Gasteiger partial charge in [-0.2, -0.15) is 0 Å². The van der Waals surface area contributed by atoms with Gasteiger partial charge in [0.1, 0.15) is 5.03 Å². The standard InChI is InChI=1S/C18H12Cl2N4O3S/c19-12-7-13(20)9-14(8-12)21-17(25)10-28-18-5-4-16(22-23-18)11-2-1-3-15(6-11)24(26)27/h1-9H,10H2,(H,21,25). The van der Waals surface area contributed by atoms with E-state index in [0.717, 1.165) is 0 Å². The van der Waals surface area contributed by atoms with Gasteiger partial charge in [0.05, 0.1) is 16.4 Å². The van der Waals surface area contributed by atoms with Crippen molar-refractivity contribution < 1.29 is 9.72 Å². The Labute approximate surface area is 174 Å². The van der Waals surface area contributed by atoms with Crippen LogP contribution >= 0.6 is 35.0 Å². The van der Waals surface area contributed by atoms with E-state index in [0.29, 0.717) is 32.0 Å². The molecule has 0 unspecified atom stereocenters. The van der Waals surface area contributed by atoms with Crippen molar-refractivity contribution in [2.45, 2.75) is 5.03 Å². The Morgan fingerprint density at radius 1 is 1.07 bits per heavy atom. The summed E-state index contributed by atoms with van der Waals surface area (Å²) in [6.07, 6.45) is 0. The van der Waals surface area contributed by atoms with Crippen molar-refractivity contribution in [3.63, 3.8) is 0 Å². The number of carbonyl (C=O) groups is 1. The summed E-state index contributed by atoms with van der Waals surface area (Å²) in [4.78, 5) is 22.5. The van der Waals surface area contributed by atoms with Crippen LogP contribution in [0.15, 0.2) is 59.6 Å². The quantitative estimate of drug-likeness (QED) is 0.329. The number of aromatic nitrogens is 2. The lowest BCUT2D eigenvalue weighted by Gasteiger charge is -2.06. The summed E-state index contributed by atoms with van der Waals surface area (Å²) in [5, 5.41) is 23.1. The van der Waals surface area contributed by atoms with Crippen molar-refractivity contribution in [1.82, 2.24) is 10.2 Å². The molecular weight excluding hydrogens is 423 g/mol. The highest BCUT2D eigenvalue weighted by atomic mass is 35.5. The number of thioether (sulfide) groups is 1. The van der Waals surface area contributed by atoms with Gasteiger partial charge in [0.25, 0.3) is 5.69 Å². The monoisotopic (exact) mass is 434 g/mol. The zero-order chi connectivity index (χ0) is 20.1. The predicted molar refractivity (Wildman–Crippen MR) is 110 cm³/mol. The van der Waals surface area contributed by atoms with Crippen molar-refractivity contribution in [1.29, 1.82) is 0 Å². The minimum Gasteiger partial charge on any atom is -0.325 e. The van der Waals surface area contributed by atoms with Gasteiger partial charge in [0, 0.05) is 33.4 Å². The molecule has 0 bridgehead atoms. The molecule has 0 saturated heterocycles. The number of nitro groups is 1. The van der Waals surface area contributed by atoms with Gasteiger partial charge >= 0.3 is 0 Å². The normalized spacial score (nSPS) is 10.5. The first-order chi connectivity index (χ1) is 13.4. The van der Waals surface area contributed by atoms with Gasteiger partial charge in [-0.15, -0.1) is 10.2 Å². The summed E-state index contributed by atoms with van der Waals surface area (Å²) in [6, 6.07) is 14.3. The fourth-order valence-electron chi connectivity index (χ4n) is 2.29. The Balaban J connectivity index is 1.60. The van der Waals surface area contributed by atoms with Crippen LogP contribution in [0.25, 0.3) is 11.3 Å². The van der Waals surface area contributed by atoms with Crippen molar-refractivity contribution in [2.75, 3.05) is 11.1 Å². The molecule has 1 heterocycles. The molecule has 0 atom stereocenters. The molecule has 0 aliphatic rings. The average molecular weight is 435 g/mol. The van der Waals surface area contributed by atoms with E-state index in [1.165, 1.54) is 23.9 Å². The van der Waals surface area contributed by atoms with Crippen LogP contribution in [-0.4, -0.2) is 26.8 Å². The van der Waals surface area contributed by atoms with Gasteiger partial charge in [0.15, 0.2) is 0 Å². The van der Waals surface area contributed by atoms with Crippen LogP contribution in [0.2, 0.25) is 10.0 Å². The van der Waals surface area contributed by atoms with Crippen LogP contribution in [0.1, 0.15) is 0 Å². The fourth-order valence-corrected chi connectivity index (χ4v) is 3.43. The third-order valence-electron chi connectivity index (χ3n) is 3.49. The van der Waals surface area contributed by atoms with E-state index in [4.69, 9.17) is 23.2 Å². The largest absolute Gasteiger partial charge is 0.325 e. The molecule has 28 heavy (non-hydrogen) atoms. The maximum atomic E-state index is 12.1. The smallest absolute Gasteiger partial charge is 0.270 e. The van der Waals surface area contributed by atoms with E-state index < -0.39 is 4.92 Å². The number of amides is 1. The third kappa shape index (κ3) is 5.41. The number of carbonyl (C=O) groups excluding carboxylic acids is 1. The molecule has 10 heteroatoms. The Kier molecular flexibility index (Phi) is 6.45. The summed E-state index contributed by atoms with van der Waals surface area (Å²) in [7, 11) is 0. The number of hydrogen-bond acceptors (Lipinski definition) is 6. The second-order valence-electron chi connectivity index (χ2n) is 5.56. The van der Waals surface area contributed by atoms with Crippen LogP contribution in [0.4, 0.5) is 11.4 Å². The fraction of sp³-hybridized carbons (Fsp3) is 0.0556. The molecule has 7 nitrogen and oxygen atoms in total. The summed E-state index contributed by atoms with van der Waals surface area (Å²) in [5.74, 6) is -0.123. The minimum atomic E-state index is -0.465. The predicted octanol–water partition coefficient (Wildman–Crippen LogP) is 5.09. The van der Waals surface area contributed by atoms with E-state index in [-0.39, 0.29) is 17.3 Å². The highest BCUT2D eigenvalue weighted by Crippen LogP contribution is 2.25. The highest BCUT2D eigenvalue weighted by Gasteiger charge is 2.10. The summed E-state index contributed by atoms with van der Waals surface area (Å²) in [5.41, 5.74) is 1.59. The van der Waals surface area contributed by atoms with Gasteiger partial charge in [-0.05, 0) is 30.3 Å². The van der Waals surface area contributed by atoms with Gasteiger partial charge in [-0.25, -0.2) is 0 Å². The highest BCUT2D eigenvalue weighted by molar-refractivity contribution is 7.99. The minimum absolute atomic E-state index is 0.0180. The maximum Gasteiger partial charge on any atom is 0.270 e. The number of halogens is 2. The van der Waals surface area contributed by atoms with Crippen molar-refractivity contribution in [2.24, 2.45) is 0 Å². The Morgan fingerprint density at radius 2 is 1.82 bits per heavy atom. The third-order valence-corrected chi connectivity index (χ3v) is 4.85. The number of hydrogen-bond donors (Lipinski definition) is 1. The van der Waals surface area contributed by atoms with Crippen LogP contribution < -0.4 is 5.32 Å². The topological polar surface area (TPSA) is 98.0 Å². The lowest BCUT2D eigenvalue weighted by Crippen LogP contribution is -2.14. The molecule has 0 saturated carbocycles. The number of nitro benzene ring substituents is 1. The number of anilines is 1. The van der Waals surface area contributed by atoms with Crippen LogP contribution in [0.3, 0.4) is 0 Å². The molecule has 0 fully saturated rings. The Hall–Kier alpha value is -2.68. The van der Waals surface area contributed by atoms with Crippen LogP contribution in [0.5, 0.6) is 0 Å². The SMILES string of the molecule is O=C(CSc1ccc(-c2cccc([N+](=O)[O-])c2)nn1)Nc1cc(Cl)cc(Cl)c1. The lowest BCUT2D eigenvalue weighted by atomic mass is 10.1. The molecular formula is C18H12Cl2N4O3S. The first-order valence-corrected chi connectivity index (χ1v) is 9.62. The molecule has 1 N–H and O–H groups in total. The molecule has 1 aromatic heterocycles. The first-order valence-electron chi connectivity index (χ1n) is 7.88. The number of non-ortho nitro benzene ring substituents is 1. The lowest BCUT2D eigenvalue weighted by molar-refractivity contribution is -0.384. The molecule has 3 aromatic rings. The van der Waals surface area contributed by atoms with E-state index in [1.54, 1.807) is 42.5 Å². The number of nitrogens with zero attached hydrogens (tertiary/aromatic N) is 3. The zero-order valence-electron chi connectivity index (χ0n) is 14.1. The molecule has 0 aliphatic carbocycles. The second-order valence-corrected chi connectivity index (χ2v) is 7.43. The maximum absolute atomic E-state index is 12.1. The first kappa shape index (κ1) is 20.1. The van der Waals surface area contributed by atoms with E-state index >= 15 is 0 Å². The molecule has 0 spiro atoms.